The maximum atomic E-state index is 5.59. The van der Waals surface area contributed by atoms with E-state index in [0.29, 0.717) is 6.54 Å². The van der Waals surface area contributed by atoms with Crippen molar-refractivity contribution in [3.63, 3.8) is 0 Å². The van der Waals surface area contributed by atoms with E-state index in [4.69, 9.17) is 10.5 Å². The van der Waals surface area contributed by atoms with Gasteiger partial charge in [-0.1, -0.05) is 12.1 Å². The molecular weight excluding hydrogens is 214 g/mol. The topological polar surface area (TPSA) is 60.2 Å². The van der Waals surface area contributed by atoms with Crippen LogP contribution < -0.4 is 15.8 Å². The number of anilines is 2. The molecule has 0 aliphatic carbocycles. The van der Waals surface area contributed by atoms with Crippen LogP contribution >= 0.6 is 0 Å². The van der Waals surface area contributed by atoms with E-state index < -0.39 is 0 Å². The molecule has 1 aromatic carbocycles. The fourth-order valence-electron chi connectivity index (χ4n) is 1.50. The van der Waals surface area contributed by atoms with Gasteiger partial charge in [-0.05, 0) is 29.8 Å². The molecule has 88 valence electrons. The first-order valence-corrected chi connectivity index (χ1v) is 5.38. The second-order valence-electron chi connectivity index (χ2n) is 3.61. The molecule has 0 saturated heterocycles. The normalized spacial score (nSPS) is 10.0. The fraction of sp³-hybridized carbons (Fsp3) is 0.154. The van der Waals surface area contributed by atoms with Crippen LogP contribution in [0.5, 0.6) is 5.75 Å². The summed E-state index contributed by atoms with van der Waals surface area (Å²) in [5, 5.41) is 3.21. The molecule has 2 rings (SSSR count). The molecular formula is C13H15N3O. The van der Waals surface area contributed by atoms with Gasteiger partial charge in [0.2, 0.25) is 0 Å². The van der Waals surface area contributed by atoms with E-state index in [1.165, 1.54) is 0 Å². The molecule has 0 aliphatic heterocycles. The first kappa shape index (κ1) is 11.4. The number of nitrogens with two attached hydrogens (primary N) is 1. The summed E-state index contributed by atoms with van der Waals surface area (Å²) in [6.07, 6.45) is 1.68. The monoisotopic (exact) mass is 229 g/mol. The Labute approximate surface area is 100 Å². The highest BCUT2D eigenvalue weighted by atomic mass is 16.5. The lowest BCUT2D eigenvalue weighted by Crippen LogP contribution is -1.98. The molecule has 1 aromatic heterocycles. The molecule has 0 bridgehead atoms. The van der Waals surface area contributed by atoms with Gasteiger partial charge in [-0.15, -0.1) is 0 Å². The number of aromatic nitrogens is 1. The molecule has 2 aromatic rings. The Kier molecular flexibility index (Phi) is 3.57. The molecule has 0 unspecified atom stereocenters. The third-order valence-corrected chi connectivity index (χ3v) is 2.41. The summed E-state index contributed by atoms with van der Waals surface area (Å²) in [6, 6.07) is 11.7. The van der Waals surface area contributed by atoms with Crippen LogP contribution in [0, 0.1) is 0 Å². The van der Waals surface area contributed by atoms with E-state index >= 15 is 0 Å². The van der Waals surface area contributed by atoms with Crippen molar-refractivity contribution >= 4 is 11.5 Å². The molecule has 4 heteroatoms. The van der Waals surface area contributed by atoms with Gasteiger partial charge in [0.1, 0.15) is 11.6 Å². The Morgan fingerprint density at radius 1 is 1.29 bits per heavy atom. The zero-order chi connectivity index (χ0) is 12.1. The molecule has 0 radical (unpaired) electrons. The SMILES string of the molecule is COc1ccc(Nc2cccc(CN)c2)nc1. The highest BCUT2D eigenvalue weighted by molar-refractivity contribution is 5.57. The highest BCUT2D eigenvalue weighted by Gasteiger charge is 1.98. The van der Waals surface area contributed by atoms with Crippen LogP contribution in [0.2, 0.25) is 0 Å². The van der Waals surface area contributed by atoms with Crippen LogP contribution in [0.1, 0.15) is 5.56 Å². The molecule has 0 fully saturated rings. The van der Waals surface area contributed by atoms with Crippen molar-refractivity contribution in [3.8, 4) is 5.75 Å². The standard InChI is InChI=1S/C13H15N3O/c1-17-12-5-6-13(15-9-12)16-11-4-2-3-10(7-11)8-14/h2-7,9H,8,14H2,1H3,(H,15,16). The van der Waals surface area contributed by atoms with Gasteiger partial charge in [-0.2, -0.15) is 0 Å². The zero-order valence-electron chi connectivity index (χ0n) is 9.68. The van der Waals surface area contributed by atoms with E-state index in [9.17, 15) is 0 Å². The number of hydrogen-bond acceptors (Lipinski definition) is 4. The number of ether oxygens (including phenoxy) is 1. The summed E-state index contributed by atoms with van der Waals surface area (Å²) in [6.45, 7) is 0.533. The van der Waals surface area contributed by atoms with E-state index in [1.54, 1.807) is 13.3 Å². The second-order valence-corrected chi connectivity index (χ2v) is 3.61. The third-order valence-electron chi connectivity index (χ3n) is 2.41. The Morgan fingerprint density at radius 2 is 2.18 bits per heavy atom. The number of pyridine rings is 1. The Hall–Kier alpha value is -2.07. The fourth-order valence-corrected chi connectivity index (χ4v) is 1.50. The van der Waals surface area contributed by atoms with E-state index in [1.807, 2.05) is 36.4 Å². The Balaban J connectivity index is 2.13. The summed E-state index contributed by atoms with van der Waals surface area (Å²) in [4.78, 5) is 4.23. The minimum atomic E-state index is 0.533. The van der Waals surface area contributed by atoms with Crippen molar-refractivity contribution in [3.05, 3.63) is 48.2 Å². The van der Waals surface area contributed by atoms with Crippen LogP contribution in [0.4, 0.5) is 11.5 Å². The quantitative estimate of drug-likeness (QED) is 0.844. The number of nitrogens with zero attached hydrogens (tertiary/aromatic N) is 1. The largest absolute Gasteiger partial charge is 0.495 e. The van der Waals surface area contributed by atoms with Crippen molar-refractivity contribution < 1.29 is 4.74 Å². The summed E-state index contributed by atoms with van der Waals surface area (Å²) in [5.74, 6) is 1.52. The van der Waals surface area contributed by atoms with Crippen molar-refractivity contribution in [2.45, 2.75) is 6.54 Å². The summed E-state index contributed by atoms with van der Waals surface area (Å²) < 4.78 is 5.05. The van der Waals surface area contributed by atoms with Gasteiger partial charge < -0.3 is 15.8 Å². The number of benzene rings is 1. The zero-order valence-corrected chi connectivity index (χ0v) is 9.68. The van der Waals surface area contributed by atoms with Crippen molar-refractivity contribution in [2.24, 2.45) is 5.73 Å². The molecule has 17 heavy (non-hydrogen) atoms. The van der Waals surface area contributed by atoms with Gasteiger partial charge in [0.05, 0.1) is 13.3 Å². The van der Waals surface area contributed by atoms with Crippen LogP contribution in [-0.4, -0.2) is 12.1 Å². The summed E-state index contributed by atoms with van der Waals surface area (Å²) in [5.41, 5.74) is 7.65. The maximum absolute atomic E-state index is 5.59. The van der Waals surface area contributed by atoms with E-state index in [2.05, 4.69) is 10.3 Å². The first-order valence-electron chi connectivity index (χ1n) is 5.38. The lowest BCUT2D eigenvalue weighted by molar-refractivity contribution is 0.413. The first-order chi connectivity index (χ1) is 8.31. The van der Waals surface area contributed by atoms with E-state index in [0.717, 1.165) is 22.8 Å². The molecule has 0 atom stereocenters. The maximum Gasteiger partial charge on any atom is 0.137 e. The lowest BCUT2D eigenvalue weighted by Gasteiger charge is -2.07. The molecule has 0 amide bonds. The second kappa shape index (κ2) is 5.32. The average molecular weight is 229 g/mol. The van der Waals surface area contributed by atoms with Gasteiger partial charge in [0, 0.05) is 12.2 Å². The number of nitrogens with one attached hydrogen (secondary N) is 1. The molecule has 3 N–H and O–H groups in total. The predicted molar refractivity (Wildman–Crippen MR) is 68.4 cm³/mol. The Morgan fingerprint density at radius 3 is 2.82 bits per heavy atom. The summed E-state index contributed by atoms with van der Waals surface area (Å²) >= 11 is 0. The number of rotatable bonds is 4. The third kappa shape index (κ3) is 2.95. The van der Waals surface area contributed by atoms with Crippen molar-refractivity contribution in [2.75, 3.05) is 12.4 Å². The van der Waals surface area contributed by atoms with Gasteiger partial charge >= 0.3 is 0 Å². The van der Waals surface area contributed by atoms with E-state index in [-0.39, 0.29) is 0 Å². The molecule has 0 saturated carbocycles. The van der Waals surface area contributed by atoms with Gasteiger partial charge in [0.25, 0.3) is 0 Å². The molecule has 0 aliphatic rings. The van der Waals surface area contributed by atoms with Crippen LogP contribution in [0.25, 0.3) is 0 Å². The number of methoxy groups -OCH3 is 1. The minimum absolute atomic E-state index is 0.533. The Bertz CT molecular complexity index is 482. The van der Waals surface area contributed by atoms with Gasteiger partial charge in [0.15, 0.2) is 0 Å². The smallest absolute Gasteiger partial charge is 0.137 e. The minimum Gasteiger partial charge on any atom is -0.495 e. The van der Waals surface area contributed by atoms with Crippen molar-refractivity contribution in [1.82, 2.24) is 4.98 Å². The predicted octanol–water partition coefficient (Wildman–Crippen LogP) is 2.29. The van der Waals surface area contributed by atoms with Gasteiger partial charge in [-0.25, -0.2) is 4.98 Å². The molecule has 4 nitrogen and oxygen atoms in total. The van der Waals surface area contributed by atoms with Crippen molar-refractivity contribution in [1.29, 1.82) is 0 Å². The van der Waals surface area contributed by atoms with Crippen LogP contribution in [0.3, 0.4) is 0 Å². The molecule has 1 heterocycles. The number of hydrogen-bond donors (Lipinski definition) is 2. The lowest BCUT2D eigenvalue weighted by atomic mass is 10.2. The van der Waals surface area contributed by atoms with Crippen LogP contribution in [0.15, 0.2) is 42.6 Å². The van der Waals surface area contributed by atoms with Gasteiger partial charge in [-0.3, -0.25) is 0 Å². The molecule has 0 spiro atoms. The highest BCUT2D eigenvalue weighted by Crippen LogP contribution is 2.17. The average Bonchev–Trinajstić information content (AvgIpc) is 2.40. The van der Waals surface area contributed by atoms with Crippen LogP contribution in [-0.2, 0) is 6.54 Å². The summed E-state index contributed by atoms with van der Waals surface area (Å²) in [7, 11) is 1.62.